The van der Waals surface area contributed by atoms with Gasteiger partial charge in [0.2, 0.25) is 0 Å². The number of carbonyl (C=O) groups excluding carboxylic acids is 1. The van der Waals surface area contributed by atoms with Crippen LogP contribution in [0.1, 0.15) is 28.2 Å². The predicted octanol–water partition coefficient (Wildman–Crippen LogP) is 4.56. The lowest BCUT2D eigenvalue weighted by atomic mass is 10.2. The van der Waals surface area contributed by atoms with Gasteiger partial charge in [-0.05, 0) is 31.4 Å². The van der Waals surface area contributed by atoms with E-state index in [1.54, 1.807) is 12.1 Å². The third-order valence-corrected chi connectivity index (χ3v) is 5.31. The third-order valence-electron chi connectivity index (χ3n) is 5.02. The molecule has 1 N–H and O–H groups in total. The van der Waals surface area contributed by atoms with Crippen molar-refractivity contribution in [2.24, 2.45) is 0 Å². The molecule has 0 atom stereocenters. The van der Waals surface area contributed by atoms with Crippen molar-refractivity contribution in [1.82, 2.24) is 9.78 Å². The Morgan fingerprint density at radius 1 is 1.10 bits per heavy atom. The minimum atomic E-state index is -0.973. The van der Waals surface area contributed by atoms with Gasteiger partial charge < -0.3 is 14.8 Å². The van der Waals surface area contributed by atoms with E-state index in [1.807, 2.05) is 0 Å². The van der Waals surface area contributed by atoms with Crippen LogP contribution in [0.25, 0.3) is 5.69 Å². The number of ether oxygens (including phenoxy) is 2. The van der Waals surface area contributed by atoms with Gasteiger partial charge in [0.25, 0.3) is 5.91 Å². The number of nitrogens with zero attached hydrogens (tertiary/aromatic N) is 2. The zero-order valence-electron chi connectivity index (χ0n) is 16.3. The van der Waals surface area contributed by atoms with Gasteiger partial charge in [-0.3, -0.25) is 4.79 Å². The molecule has 1 aliphatic rings. The van der Waals surface area contributed by atoms with Crippen LogP contribution in [0, 0.1) is 11.6 Å². The van der Waals surface area contributed by atoms with Gasteiger partial charge in [-0.15, -0.1) is 0 Å². The van der Waals surface area contributed by atoms with Crippen LogP contribution in [0.15, 0.2) is 30.3 Å². The van der Waals surface area contributed by atoms with Crippen molar-refractivity contribution < 1.29 is 23.0 Å². The first-order valence-electron chi connectivity index (χ1n) is 9.22. The highest BCUT2D eigenvalue weighted by Gasteiger charge is 2.28. The van der Waals surface area contributed by atoms with E-state index in [-0.39, 0.29) is 5.69 Å². The molecule has 4 rings (SSSR count). The highest BCUT2D eigenvalue weighted by Crippen LogP contribution is 2.36. The van der Waals surface area contributed by atoms with Gasteiger partial charge in [-0.2, -0.15) is 5.10 Å². The van der Waals surface area contributed by atoms with Crippen molar-refractivity contribution in [2.45, 2.75) is 19.3 Å². The molecule has 6 nitrogen and oxygen atoms in total. The van der Waals surface area contributed by atoms with E-state index in [1.165, 1.54) is 25.0 Å². The molecule has 0 saturated carbocycles. The average molecular weight is 434 g/mol. The standard InChI is InChI=1S/C21H18ClF2N3O3/c1-29-18-10-16(19(30-2)9-13(18)22)25-21(28)20-12-4-3-5-17(12)27(26-20)11-6-7-14(23)15(24)8-11/h6-10H,3-5H2,1-2H3,(H,25,28). The molecule has 0 radical (unpaired) electrons. The average Bonchev–Trinajstić information content (AvgIpc) is 3.33. The van der Waals surface area contributed by atoms with Crippen LogP contribution in [0.2, 0.25) is 5.02 Å². The van der Waals surface area contributed by atoms with E-state index >= 15 is 0 Å². The maximum absolute atomic E-state index is 13.7. The maximum Gasteiger partial charge on any atom is 0.276 e. The Morgan fingerprint density at radius 2 is 1.87 bits per heavy atom. The Morgan fingerprint density at radius 3 is 2.57 bits per heavy atom. The van der Waals surface area contributed by atoms with Gasteiger partial charge >= 0.3 is 0 Å². The molecule has 0 fully saturated rings. The summed E-state index contributed by atoms with van der Waals surface area (Å²) in [7, 11) is 2.93. The molecule has 0 aliphatic heterocycles. The number of aromatic nitrogens is 2. The number of fused-ring (bicyclic) bond motifs is 1. The first-order valence-corrected chi connectivity index (χ1v) is 9.59. The zero-order valence-corrected chi connectivity index (χ0v) is 17.0. The fourth-order valence-electron chi connectivity index (χ4n) is 3.59. The summed E-state index contributed by atoms with van der Waals surface area (Å²) in [6.07, 6.45) is 2.20. The molecular weight excluding hydrogens is 416 g/mol. The number of rotatable bonds is 5. The second-order valence-corrected chi connectivity index (χ2v) is 7.19. The number of methoxy groups -OCH3 is 2. The molecule has 3 aromatic rings. The lowest BCUT2D eigenvalue weighted by Crippen LogP contribution is -2.15. The number of amides is 1. The van der Waals surface area contributed by atoms with Gasteiger partial charge in [0, 0.05) is 29.5 Å². The van der Waals surface area contributed by atoms with Crippen molar-refractivity contribution in [3.63, 3.8) is 0 Å². The van der Waals surface area contributed by atoms with Crippen molar-refractivity contribution in [2.75, 3.05) is 19.5 Å². The fraction of sp³-hybridized carbons (Fsp3) is 0.238. The summed E-state index contributed by atoms with van der Waals surface area (Å²) in [5, 5.41) is 7.53. The summed E-state index contributed by atoms with van der Waals surface area (Å²) < 4.78 is 39.1. The predicted molar refractivity (Wildman–Crippen MR) is 108 cm³/mol. The van der Waals surface area contributed by atoms with Crippen LogP contribution in [-0.2, 0) is 12.8 Å². The van der Waals surface area contributed by atoms with Gasteiger partial charge in [0.15, 0.2) is 17.3 Å². The molecule has 1 aliphatic carbocycles. The molecule has 1 amide bonds. The van der Waals surface area contributed by atoms with Crippen LogP contribution in [-0.4, -0.2) is 29.9 Å². The second kappa shape index (κ2) is 7.95. The summed E-state index contributed by atoms with van der Waals surface area (Å²) in [6, 6.07) is 6.64. The van der Waals surface area contributed by atoms with Gasteiger partial charge in [-0.25, -0.2) is 13.5 Å². The topological polar surface area (TPSA) is 65.4 Å². The molecule has 0 spiro atoms. The Balaban J connectivity index is 1.72. The first-order chi connectivity index (χ1) is 14.4. The summed E-state index contributed by atoms with van der Waals surface area (Å²) in [5.74, 6) is -1.61. The molecule has 2 aromatic carbocycles. The summed E-state index contributed by atoms with van der Waals surface area (Å²) in [6.45, 7) is 0. The van der Waals surface area contributed by atoms with E-state index in [2.05, 4.69) is 10.4 Å². The number of halogens is 3. The fourth-order valence-corrected chi connectivity index (χ4v) is 3.82. The molecule has 30 heavy (non-hydrogen) atoms. The number of carbonyl (C=O) groups is 1. The summed E-state index contributed by atoms with van der Waals surface area (Å²) in [5.41, 5.74) is 2.56. The normalized spacial score (nSPS) is 12.6. The number of hydrogen-bond donors (Lipinski definition) is 1. The van der Waals surface area contributed by atoms with E-state index < -0.39 is 17.5 Å². The minimum Gasteiger partial charge on any atom is -0.495 e. The quantitative estimate of drug-likeness (QED) is 0.640. The largest absolute Gasteiger partial charge is 0.495 e. The van der Waals surface area contributed by atoms with Crippen LogP contribution < -0.4 is 14.8 Å². The zero-order chi connectivity index (χ0) is 21.4. The summed E-state index contributed by atoms with van der Waals surface area (Å²) in [4.78, 5) is 13.0. The van der Waals surface area contributed by atoms with Crippen molar-refractivity contribution >= 4 is 23.2 Å². The van der Waals surface area contributed by atoms with E-state index in [9.17, 15) is 13.6 Å². The lowest BCUT2D eigenvalue weighted by Gasteiger charge is -2.13. The van der Waals surface area contributed by atoms with Crippen molar-refractivity contribution in [3.8, 4) is 17.2 Å². The minimum absolute atomic E-state index is 0.225. The van der Waals surface area contributed by atoms with Crippen molar-refractivity contribution in [3.05, 3.63) is 63.9 Å². The molecule has 1 aromatic heterocycles. The molecule has 0 unspecified atom stereocenters. The SMILES string of the molecule is COc1cc(NC(=O)c2nn(-c3ccc(F)c(F)c3)c3c2CCC3)c(OC)cc1Cl. The van der Waals surface area contributed by atoms with Gasteiger partial charge in [0.1, 0.15) is 11.5 Å². The molecule has 156 valence electrons. The maximum atomic E-state index is 13.7. The molecule has 9 heteroatoms. The Bertz CT molecular complexity index is 1150. The van der Waals surface area contributed by atoms with Crippen LogP contribution in [0.5, 0.6) is 11.5 Å². The smallest absolute Gasteiger partial charge is 0.276 e. The highest BCUT2D eigenvalue weighted by atomic mass is 35.5. The van der Waals surface area contributed by atoms with Crippen LogP contribution in [0.3, 0.4) is 0 Å². The van der Waals surface area contributed by atoms with Crippen molar-refractivity contribution in [1.29, 1.82) is 0 Å². The summed E-state index contributed by atoms with van der Waals surface area (Å²) >= 11 is 6.11. The second-order valence-electron chi connectivity index (χ2n) is 6.78. The van der Waals surface area contributed by atoms with Gasteiger partial charge in [-0.1, -0.05) is 11.6 Å². The highest BCUT2D eigenvalue weighted by molar-refractivity contribution is 6.32. The number of hydrogen-bond acceptors (Lipinski definition) is 4. The Labute approximate surface area is 176 Å². The number of benzene rings is 2. The molecule has 0 bridgehead atoms. The Kier molecular flexibility index (Phi) is 5.34. The van der Waals surface area contributed by atoms with E-state index in [4.69, 9.17) is 21.1 Å². The molecule has 0 saturated heterocycles. The number of anilines is 1. The van der Waals surface area contributed by atoms with Crippen LogP contribution in [0.4, 0.5) is 14.5 Å². The first kappa shape index (κ1) is 20.2. The monoisotopic (exact) mass is 433 g/mol. The lowest BCUT2D eigenvalue weighted by molar-refractivity contribution is 0.102. The van der Waals surface area contributed by atoms with Crippen LogP contribution >= 0.6 is 11.6 Å². The molecule has 1 heterocycles. The number of nitrogens with one attached hydrogen (secondary N) is 1. The third kappa shape index (κ3) is 3.47. The molecular formula is C21H18ClF2N3O3. The van der Waals surface area contributed by atoms with E-state index in [0.717, 1.165) is 29.8 Å². The Hall–Kier alpha value is -3.13. The van der Waals surface area contributed by atoms with Gasteiger partial charge in [0.05, 0.1) is 30.6 Å². The van der Waals surface area contributed by atoms with E-state index in [0.29, 0.717) is 40.7 Å².